The molecule has 3 fully saturated rings. The Labute approximate surface area is 112 Å². The van der Waals surface area contributed by atoms with Crippen molar-refractivity contribution in [3.05, 3.63) is 0 Å². The molecule has 3 saturated heterocycles. The van der Waals surface area contributed by atoms with E-state index in [1.807, 2.05) is 0 Å². The molecule has 0 spiro atoms. The third-order valence-electron chi connectivity index (χ3n) is 5.10. The van der Waals surface area contributed by atoms with Gasteiger partial charge in [-0.05, 0) is 45.2 Å². The number of hydrogen-bond donors (Lipinski definition) is 1. The summed E-state index contributed by atoms with van der Waals surface area (Å²) in [6, 6.07) is 3.17. The van der Waals surface area contributed by atoms with Crippen molar-refractivity contribution in [2.45, 2.75) is 70.1 Å². The van der Waals surface area contributed by atoms with E-state index in [-0.39, 0.29) is 0 Å². The van der Waals surface area contributed by atoms with E-state index in [1.54, 1.807) is 0 Å². The second kappa shape index (κ2) is 5.48. The molecule has 3 nitrogen and oxygen atoms in total. The largest absolute Gasteiger partial charge is 0.310 e. The van der Waals surface area contributed by atoms with E-state index in [0.717, 1.165) is 18.1 Å². The molecule has 0 aliphatic carbocycles. The SMILES string of the molecule is CC(C)NC1CCN(C2CCN3CCCC3C2)C1. The van der Waals surface area contributed by atoms with Gasteiger partial charge in [0.05, 0.1) is 0 Å². The van der Waals surface area contributed by atoms with E-state index in [0.29, 0.717) is 6.04 Å². The fourth-order valence-electron chi connectivity index (χ4n) is 4.26. The molecule has 3 heterocycles. The van der Waals surface area contributed by atoms with E-state index in [2.05, 4.69) is 29.0 Å². The summed E-state index contributed by atoms with van der Waals surface area (Å²) in [6.45, 7) is 9.86. The van der Waals surface area contributed by atoms with E-state index in [9.17, 15) is 0 Å². The molecule has 0 amide bonds. The highest BCUT2D eigenvalue weighted by Gasteiger charge is 2.36. The van der Waals surface area contributed by atoms with E-state index >= 15 is 0 Å². The lowest BCUT2D eigenvalue weighted by molar-refractivity contribution is 0.102. The van der Waals surface area contributed by atoms with Crippen LogP contribution in [0.4, 0.5) is 0 Å². The first-order chi connectivity index (χ1) is 8.72. The molecule has 0 aromatic heterocycles. The summed E-state index contributed by atoms with van der Waals surface area (Å²) in [5.41, 5.74) is 0. The standard InChI is InChI=1S/C15H29N3/c1-12(2)16-13-5-8-18(11-13)15-6-9-17-7-3-4-14(17)10-15/h12-16H,3-11H2,1-2H3. The van der Waals surface area contributed by atoms with Crippen LogP contribution in [-0.2, 0) is 0 Å². The number of fused-ring (bicyclic) bond motifs is 1. The molecule has 3 atom stereocenters. The van der Waals surface area contributed by atoms with Crippen LogP contribution in [0.5, 0.6) is 0 Å². The normalized spacial score (nSPS) is 38.5. The summed E-state index contributed by atoms with van der Waals surface area (Å²) < 4.78 is 0. The zero-order valence-corrected chi connectivity index (χ0v) is 12.1. The van der Waals surface area contributed by atoms with Crippen molar-refractivity contribution < 1.29 is 0 Å². The van der Waals surface area contributed by atoms with Crippen LogP contribution in [0.2, 0.25) is 0 Å². The maximum absolute atomic E-state index is 3.70. The van der Waals surface area contributed by atoms with Gasteiger partial charge in [0.15, 0.2) is 0 Å². The predicted molar refractivity (Wildman–Crippen MR) is 75.9 cm³/mol. The molecule has 0 saturated carbocycles. The lowest BCUT2D eigenvalue weighted by Crippen LogP contribution is -2.47. The van der Waals surface area contributed by atoms with Crippen LogP contribution in [0.1, 0.15) is 46.0 Å². The maximum atomic E-state index is 3.70. The van der Waals surface area contributed by atoms with Gasteiger partial charge in [-0.2, -0.15) is 0 Å². The Bertz CT molecular complexity index is 279. The lowest BCUT2D eigenvalue weighted by Gasteiger charge is -2.39. The first-order valence-corrected chi connectivity index (χ1v) is 7.96. The summed E-state index contributed by atoms with van der Waals surface area (Å²) in [4.78, 5) is 5.51. The van der Waals surface area contributed by atoms with Gasteiger partial charge in [0, 0.05) is 37.3 Å². The summed E-state index contributed by atoms with van der Waals surface area (Å²) in [6.07, 6.45) is 7.09. The van der Waals surface area contributed by atoms with Crippen molar-refractivity contribution in [3.63, 3.8) is 0 Å². The van der Waals surface area contributed by atoms with Gasteiger partial charge >= 0.3 is 0 Å². The molecule has 3 unspecified atom stereocenters. The van der Waals surface area contributed by atoms with Gasteiger partial charge in [0.1, 0.15) is 0 Å². The second-order valence-electron chi connectivity index (χ2n) is 6.81. The monoisotopic (exact) mass is 251 g/mol. The molecule has 3 rings (SSSR count). The number of hydrogen-bond acceptors (Lipinski definition) is 3. The molecule has 0 bridgehead atoms. The Morgan fingerprint density at radius 2 is 1.72 bits per heavy atom. The van der Waals surface area contributed by atoms with Gasteiger partial charge < -0.3 is 10.2 Å². The minimum Gasteiger partial charge on any atom is -0.310 e. The Morgan fingerprint density at radius 3 is 2.56 bits per heavy atom. The molecular formula is C15H29N3. The maximum Gasteiger partial charge on any atom is 0.0209 e. The minimum absolute atomic E-state index is 0.631. The molecule has 104 valence electrons. The molecular weight excluding hydrogens is 222 g/mol. The van der Waals surface area contributed by atoms with Crippen molar-refractivity contribution in [1.82, 2.24) is 15.1 Å². The summed E-state index contributed by atoms with van der Waals surface area (Å²) in [7, 11) is 0. The van der Waals surface area contributed by atoms with E-state index in [1.165, 1.54) is 58.3 Å². The Morgan fingerprint density at radius 1 is 0.944 bits per heavy atom. The number of nitrogens with zero attached hydrogens (tertiary/aromatic N) is 2. The molecule has 3 aliphatic rings. The van der Waals surface area contributed by atoms with Crippen LogP contribution in [0, 0.1) is 0 Å². The predicted octanol–water partition coefficient (Wildman–Crippen LogP) is 1.69. The van der Waals surface area contributed by atoms with Gasteiger partial charge in [0.2, 0.25) is 0 Å². The van der Waals surface area contributed by atoms with Gasteiger partial charge in [-0.15, -0.1) is 0 Å². The highest BCUT2D eigenvalue weighted by Crippen LogP contribution is 2.30. The van der Waals surface area contributed by atoms with E-state index in [4.69, 9.17) is 0 Å². The van der Waals surface area contributed by atoms with Gasteiger partial charge in [-0.1, -0.05) is 13.8 Å². The molecule has 0 aromatic rings. The zero-order valence-electron chi connectivity index (χ0n) is 12.1. The molecule has 0 aromatic carbocycles. The average Bonchev–Trinajstić information content (AvgIpc) is 2.95. The highest BCUT2D eigenvalue weighted by atomic mass is 15.3. The fraction of sp³-hybridized carbons (Fsp3) is 1.00. The molecule has 3 aliphatic heterocycles. The topological polar surface area (TPSA) is 18.5 Å². The number of piperidine rings is 1. The third-order valence-corrected chi connectivity index (χ3v) is 5.10. The second-order valence-corrected chi connectivity index (χ2v) is 6.81. The van der Waals surface area contributed by atoms with Crippen molar-refractivity contribution >= 4 is 0 Å². The quantitative estimate of drug-likeness (QED) is 0.823. The number of rotatable bonds is 3. The minimum atomic E-state index is 0.631. The van der Waals surface area contributed by atoms with Gasteiger partial charge in [-0.25, -0.2) is 0 Å². The summed E-state index contributed by atoms with van der Waals surface area (Å²) >= 11 is 0. The zero-order chi connectivity index (χ0) is 12.5. The van der Waals surface area contributed by atoms with Crippen molar-refractivity contribution in [3.8, 4) is 0 Å². The first-order valence-electron chi connectivity index (χ1n) is 7.96. The van der Waals surface area contributed by atoms with Gasteiger partial charge in [-0.3, -0.25) is 4.90 Å². The number of nitrogens with one attached hydrogen (secondary N) is 1. The first kappa shape index (κ1) is 12.9. The molecule has 18 heavy (non-hydrogen) atoms. The lowest BCUT2D eigenvalue weighted by atomic mass is 9.96. The summed E-state index contributed by atoms with van der Waals surface area (Å²) in [5, 5.41) is 3.70. The Hall–Kier alpha value is -0.120. The van der Waals surface area contributed by atoms with Crippen LogP contribution >= 0.6 is 0 Å². The van der Waals surface area contributed by atoms with Crippen LogP contribution in [0.3, 0.4) is 0 Å². The van der Waals surface area contributed by atoms with Crippen LogP contribution in [0.15, 0.2) is 0 Å². The van der Waals surface area contributed by atoms with Crippen molar-refractivity contribution in [1.29, 1.82) is 0 Å². The van der Waals surface area contributed by atoms with Gasteiger partial charge in [0.25, 0.3) is 0 Å². The molecule has 0 radical (unpaired) electrons. The smallest absolute Gasteiger partial charge is 0.0209 e. The molecule has 3 heteroatoms. The fourth-order valence-corrected chi connectivity index (χ4v) is 4.26. The van der Waals surface area contributed by atoms with Crippen LogP contribution in [0.25, 0.3) is 0 Å². The van der Waals surface area contributed by atoms with Crippen molar-refractivity contribution in [2.75, 3.05) is 26.2 Å². The Kier molecular flexibility index (Phi) is 3.92. The number of likely N-dealkylation sites (tertiary alicyclic amines) is 1. The highest BCUT2D eigenvalue weighted by molar-refractivity contribution is 4.93. The Balaban J connectivity index is 1.50. The average molecular weight is 251 g/mol. The molecule has 1 N–H and O–H groups in total. The van der Waals surface area contributed by atoms with Crippen LogP contribution < -0.4 is 5.32 Å². The van der Waals surface area contributed by atoms with Crippen molar-refractivity contribution in [2.24, 2.45) is 0 Å². The summed E-state index contributed by atoms with van der Waals surface area (Å²) in [5.74, 6) is 0. The van der Waals surface area contributed by atoms with E-state index < -0.39 is 0 Å². The van der Waals surface area contributed by atoms with Crippen LogP contribution in [-0.4, -0.2) is 60.1 Å². The third kappa shape index (κ3) is 2.73.